The van der Waals surface area contributed by atoms with Crippen molar-refractivity contribution in [1.82, 2.24) is 5.32 Å². The molecule has 0 aliphatic carbocycles. The fourth-order valence-corrected chi connectivity index (χ4v) is 0.544. The number of Topliss-reactive ketones (excluding diaryl/α,β-unsaturated/α-hetero) is 1. The molecule has 0 amide bonds. The summed E-state index contributed by atoms with van der Waals surface area (Å²) in [5.74, 6) is 0.343. The quantitative estimate of drug-likeness (QED) is 0.540. The molecular weight excluding hydrogens is 128 g/mol. The third-order valence-corrected chi connectivity index (χ3v) is 1.19. The van der Waals surface area contributed by atoms with Gasteiger partial charge in [0.05, 0.1) is 6.54 Å². The maximum Gasteiger partial charge on any atom is 0.147 e. The molecule has 10 heavy (non-hydrogen) atoms. The van der Waals surface area contributed by atoms with Crippen molar-refractivity contribution in [3.05, 3.63) is 0 Å². The molecule has 1 rings (SSSR count). The van der Waals surface area contributed by atoms with Crippen LogP contribution in [0.1, 0.15) is 19.8 Å². The molecule has 0 bridgehead atoms. The summed E-state index contributed by atoms with van der Waals surface area (Å²) in [4.78, 5) is 10.2. The van der Waals surface area contributed by atoms with Gasteiger partial charge in [-0.15, -0.1) is 0 Å². The van der Waals surface area contributed by atoms with E-state index in [1.165, 1.54) is 0 Å². The number of carbonyl (C=O) groups excluding carboxylic acids is 1. The van der Waals surface area contributed by atoms with Crippen molar-refractivity contribution >= 4 is 5.78 Å². The monoisotopic (exact) mass is 144 g/mol. The first kappa shape index (κ1) is 9.59. The van der Waals surface area contributed by atoms with Crippen LogP contribution in [0.15, 0.2) is 0 Å². The highest BCUT2D eigenvalue weighted by molar-refractivity contribution is 5.82. The summed E-state index contributed by atoms with van der Waals surface area (Å²) in [6, 6.07) is 0. The third-order valence-electron chi connectivity index (χ3n) is 1.19. The van der Waals surface area contributed by atoms with Gasteiger partial charge < -0.3 is 11.1 Å². The lowest BCUT2D eigenvalue weighted by atomic mass is 10.4. The van der Waals surface area contributed by atoms with Crippen LogP contribution in [0.25, 0.3) is 0 Å². The summed E-state index contributed by atoms with van der Waals surface area (Å²) in [5, 5.41) is 2.92. The van der Waals surface area contributed by atoms with Crippen LogP contribution in [0.2, 0.25) is 0 Å². The van der Waals surface area contributed by atoms with E-state index in [1.54, 1.807) is 0 Å². The average Bonchev–Trinajstić information content (AvgIpc) is 2.40. The Labute approximate surface area is 62.0 Å². The lowest BCUT2D eigenvalue weighted by Gasteiger charge is -1.75. The van der Waals surface area contributed by atoms with Crippen LogP contribution in [0.5, 0.6) is 0 Å². The van der Waals surface area contributed by atoms with Crippen LogP contribution in [0, 0.1) is 0 Å². The molecule has 0 aromatic rings. The predicted molar refractivity (Wildman–Crippen MR) is 41.8 cm³/mol. The zero-order valence-electron chi connectivity index (χ0n) is 6.52. The molecule has 1 aliphatic rings. The Balaban J connectivity index is 0.000000180. The van der Waals surface area contributed by atoms with Gasteiger partial charge in [-0.05, 0) is 13.0 Å². The number of hydrogen-bond acceptors (Lipinski definition) is 3. The average molecular weight is 144 g/mol. The van der Waals surface area contributed by atoms with E-state index >= 15 is 0 Å². The molecule has 0 atom stereocenters. The second-order valence-corrected chi connectivity index (χ2v) is 2.25. The molecule has 60 valence electrons. The topological polar surface area (TPSA) is 55.1 Å². The van der Waals surface area contributed by atoms with E-state index < -0.39 is 0 Å². The number of carbonyl (C=O) groups is 1. The van der Waals surface area contributed by atoms with E-state index in [1.807, 2.05) is 0 Å². The van der Waals surface area contributed by atoms with Gasteiger partial charge in [-0.3, -0.25) is 4.79 Å². The SMILES string of the molecule is CCCN.O=C1CCNC1. The van der Waals surface area contributed by atoms with Gasteiger partial charge >= 0.3 is 0 Å². The number of rotatable bonds is 1. The zero-order valence-corrected chi connectivity index (χ0v) is 6.52. The van der Waals surface area contributed by atoms with E-state index in [4.69, 9.17) is 5.73 Å². The highest BCUT2D eigenvalue weighted by Crippen LogP contribution is 1.85. The second kappa shape index (κ2) is 6.71. The van der Waals surface area contributed by atoms with Crippen molar-refractivity contribution in [2.45, 2.75) is 19.8 Å². The minimum Gasteiger partial charge on any atom is -0.330 e. The number of nitrogens with one attached hydrogen (secondary N) is 1. The third kappa shape index (κ3) is 5.72. The predicted octanol–water partition coefficient (Wildman–Crippen LogP) is -0.0961. The Hall–Kier alpha value is -0.410. The number of nitrogens with two attached hydrogens (primary N) is 1. The van der Waals surface area contributed by atoms with Crippen LogP contribution >= 0.6 is 0 Å². The molecule has 0 aromatic heterocycles. The smallest absolute Gasteiger partial charge is 0.147 e. The van der Waals surface area contributed by atoms with Gasteiger partial charge in [-0.2, -0.15) is 0 Å². The van der Waals surface area contributed by atoms with E-state index in [-0.39, 0.29) is 0 Å². The van der Waals surface area contributed by atoms with E-state index in [0.29, 0.717) is 12.3 Å². The van der Waals surface area contributed by atoms with Crippen LogP contribution < -0.4 is 11.1 Å². The minimum absolute atomic E-state index is 0.343. The molecule has 3 N–H and O–H groups in total. The molecule has 3 nitrogen and oxygen atoms in total. The molecule has 3 heteroatoms. The van der Waals surface area contributed by atoms with Crippen LogP contribution in [-0.2, 0) is 4.79 Å². The Morgan fingerprint density at radius 2 is 2.30 bits per heavy atom. The molecule has 1 fully saturated rings. The molecule has 1 heterocycles. The van der Waals surface area contributed by atoms with Gasteiger partial charge in [0.25, 0.3) is 0 Å². The van der Waals surface area contributed by atoms with Gasteiger partial charge in [-0.1, -0.05) is 6.92 Å². The van der Waals surface area contributed by atoms with Gasteiger partial charge in [0, 0.05) is 13.0 Å². The first-order valence-electron chi connectivity index (χ1n) is 3.73. The van der Waals surface area contributed by atoms with Gasteiger partial charge in [-0.25, -0.2) is 0 Å². The molecule has 1 saturated heterocycles. The summed E-state index contributed by atoms with van der Waals surface area (Å²) in [5.41, 5.74) is 5.03. The van der Waals surface area contributed by atoms with E-state index in [2.05, 4.69) is 12.2 Å². The van der Waals surface area contributed by atoms with E-state index in [0.717, 1.165) is 25.9 Å². The fourth-order valence-electron chi connectivity index (χ4n) is 0.544. The fraction of sp³-hybridized carbons (Fsp3) is 0.857. The summed E-state index contributed by atoms with van der Waals surface area (Å²) < 4.78 is 0. The van der Waals surface area contributed by atoms with E-state index in [9.17, 15) is 4.79 Å². The van der Waals surface area contributed by atoms with Gasteiger partial charge in [0.1, 0.15) is 5.78 Å². The molecule has 0 unspecified atom stereocenters. The Morgan fingerprint density at radius 3 is 2.40 bits per heavy atom. The van der Waals surface area contributed by atoms with Crippen molar-refractivity contribution in [3.63, 3.8) is 0 Å². The summed E-state index contributed by atoms with van der Waals surface area (Å²) >= 11 is 0. The van der Waals surface area contributed by atoms with Crippen LogP contribution in [0.4, 0.5) is 0 Å². The maximum absolute atomic E-state index is 10.2. The first-order chi connectivity index (χ1) is 4.81. The van der Waals surface area contributed by atoms with Gasteiger partial charge in [0.2, 0.25) is 0 Å². The van der Waals surface area contributed by atoms with Crippen molar-refractivity contribution in [2.24, 2.45) is 5.73 Å². The zero-order chi connectivity index (χ0) is 7.82. The summed E-state index contributed by atoms with van der Waals surface area (Å²) in [6.45, 7) is 4.36. The summed E-state index contributed by atoms with van der Waals surface area (Å²) in [6.07, 6.45) is 1.83. The minimum atomic E-state index is 0.343. The Kier molecular flexibility index (Phi) is 6.43. The van der Waals surface area contributed by atoms with Crippen LogP contribution in [0.3, 0.4) is 0 Å². The van der Waals surface area contributed by atoms with Crippen molar-refractivity contribution < 1.29 is 4.79 Å². The maximum atomic E-state index is 10.2. The Morgan fingerprint density at radius 1 is 1.70 bits per heavy atom. The van der Waals surface area contributed by atoms with Crippen molar-refractivity contribution in [2.75, 3.05) is 19.6 Å². The highest BCUT2D eigenvalue weighted by atomic mass is 16.1. The number of hydrogen-bond donors (Lipinski definition) is 2. The molecule has 0 radical (unpaired) electrons. The Bertz CT molecular complexity index is 83.6. The summed E-state index contributed by atoms with van der Waals surface area (Å²) in [7, 11) is 0. The highest BCUT2D eigenvalue weighted by Gasteiger charge is 2.06. The van der Waals surface area contributed by atoms with Gasteiger partial charge in [0.15, 0.2) is 0 Å². The standard InChI is InChI=1S/C4H7NO.C3H9N/c6-4-1-2-5-3-4;1-2-3-4/h5H,1-3H2;2-4H2,1H3. The normalized spacial score (nSPS) is 16.4. The molecule has 1 aliphatic heterocycles. The molecule has 0 aromatic carbocycles. The lowest BCUT2D eigenvalue weighted by Crippen LogP contribution is -2.07. The van der Waals surface area contributed by atoms with Crippen LogP contribution in [-0.4, -0.2) is 25.4 Å². The first-order valence-corrected chi connectivity index (χ1v) is 3.73. The molecule has 0 spiro atoms. The molecule has 0 saturated carbocycles. The van der Waals surface area contributed by atoms with Crippen molar-refractivity contribution in [1.29, 1.82) is 0 Å². The number of ketones is 1. The van der Waals surface area contributed by atoms with Crippen molar-refractivity contribution in [3.8, 4) is 0 Å². The molecular formula is C7H16N2O. The second-order valence-electron chi connectivity index (χ2n) is 2.25. The lowest BCUT2D eigenvalue weighted by molar-refractivity contribution is -0.116. The largest absolute Gasteiger partial charge is 0.330 e.